The fraction of sp³-hybridized carbons (Fsp3) is 0.440. The predicted molar refractivity (Wildman–Crippen MR) is 125 cm³/mol. The molecular formula is C25H27F2N3O2S. The van der Waals surface area contributed by atoms with Crippen LogP contribution in [-0.4, -0.2) is 35.2 Å². The third-order valence-electron chi connectivity index (χ3n) is 6.85. The van der Waals surface area contributed by atoms with Crippen LogP contribution in [0.3, 0.4) is 0 Å². The van der Waals surface area contributed by atoms with E-state index in [-0.39, 0.29) is 24.5 Å². The van der Waals surface area contributed by atoms with Crippen LogP contribution >= 0.6 is 11.8 Å². The number of halogens is 2. The summed E-state index contributed by atoms with van der Waals surface area (Å²) in [7, 11) is 0. The molecule has 174 valence electrons. The van der Waals surface area contributed by atoms with Crippen molar-refractivity contribution in [2.45, 2.75) is 56.5 Å². The number of hydrogen-bond donors (Lipinski definition) is 1. The number of benzene rings is 2. The second-order valence-corrected chi connectivity index (χ2v) is 10.4. The number of carbonyl (C=O) groups excluding carboxylic acids is 2. The van der Waals surface area contributed by atoms with Crippen molar-refractivity contribution in [2.24, 2.45) is 0 Å². The molecule has 33 heavy (non-hydrogen) atoms. The molecule has 1 unspecified atom stereocenters. The van der Waals surface area contributed by atoms with Gasteiger partial charge in [-0.3, -0.25) is 9.69 Å². The normalized spacial score (nSPS) is 22.8. The molecule has 2 heterocycles. The van der Waals surface area contributed by atoms with Gasteiger partial charge in [-0.05, 0) is 43.5 Å². The minimum Gasteiger partial charge on any atom is -0.335 e. The molecule has 3 amide bonds. The van der Waals surface area contributed by atoms with E-state index in [9.17, 15) is 18.4 Å². The quantitative estimate of drug-likeness (QED) is 0.681. The Morgan fingerprint density at radius 1 is 1.12 bits per heavy atom. The lowest BCUT2D eigenvalue weighted by atomic mass is 9.95. The molecule has 1 saturated heterocycles. The fourth-order valence-electron chi connectivity index (χ4n) is 5.21. The van der Waals surface area contributed by atoms with E-state index in [4.69, 9.17) is 0 Å². The van der Waals surface area contributed by atoms with Gasteiger partial charge in [0.15, 0.2) is 16.5 Å². The number of carbonyl (C=O) groups is 2. The Morgan fingerprint density at radius 3 is 2.67 bits per heavy atom. The van der Waals surface area contributed by atoms with Crippen LogP contribution in [0.5, 0.6) is 0 Å². The zero-order valence-corrected chi connectivity index (χ0v) is 19.4. The van der Waals surface area contributed by atoms with Crippen molar-refractivity contribution in [1.82, 2.24) is 10.2 Å². The molecule has 1 spiro atoms. The zero-order chi connectivity index (χ0) is 23.2. The number of nitrogens with one attached hydrogen (secondary N) is 1. The first kappa shape index (κ1) is 22.2. The average molecular weight is 472 g/mol. The molecule has 0 aromatic heterocycles. The number of hydrogen-bond acceptors (Lipinski definition) is 3. The Morgan fingerprint density at radius 2 is 1.91 bits per heavy atom. The van der Waals surface area contributed by atoms with Crippen molar-refractivity contribution in [1.29, 1.82) is 0 Å². The van der Waals surface area contributed by atoms with Crippen molar-refractivity contribution < 1.29 is 18.4 Å². The van der Waals surface area contributed by atoms with E-state index in [0.717, 1.165) is 48.9 Å². The summed E-state index contributed by atoms with van der Waals surface area (Å²) in [6.45, 7) is 2.54. The number of anilines is 1. The highest BCUT2D eigenvalue weighted by atomic mass is 32.2. The van der Waals surface area contributed by atoms with Gasteiger partial charge >= 0.3 is 6.03 Å². The van der Waals surface area contributed by atoms with Gasteiger partial charge in [0.1, 0.15) is 0 Å². The lowest BCUT2D eigenvalue weighted by molar-refractivity contribution is -0.123. The first-order valence-corrected chi connectivity index (χ1v) is 12.5. The van der Waals surface area contributed by atoms with Crippen molar-refractivity contribution in [2.75, 3.05) is 17.2 Å². The summed E-state index contributed by atoms with van der Waals surface area (Å²) in [5.41, 5.74) is 2.99. The molecule has 2 aromatic rings. The number of nitrogens with zero attached hydrogens (tertiary/aromatic N) is 2. The molecule has 5 rings (SSSR count). The maximum absolute atomic E-state index is 14.0. The first-order valence-electron chi connectivity index (χ1n) is 11.5. The molecule has 3 aliphatic rings. The molecule has 1 aliphatic carbocycles. The van der Waals surface area contributed by atoms with Crippen LogP contribution in [0.15, 0.2) is 36.4 Å². The van der Waals surface area contributed by atoms with Gasteiger partial charge in [-0.25, -0.2) is 13.6 Å². The topological polar surface area (TPSA) is 52.7 Å². The lowest BCUT2D eigenvalue weighted by Gasteiger charge is -2.35. The van der Waals surface area contributed by atoms with E-state index in [1.807, 2.05) is 25.1 Å². The number of aryl methyl sites for hydroxylation is 1. The molecule has 8 heteroatoms. The molecule has 1 saturated carbocycles. The van der Waals surface area contributed by atoms with Crippen molar-refractivity contribution in [3.05, 3.63) is 64.7 Å². The monoisotopic (exact) mass is 471 g/mol. The van der Waals surface area contributed by atoms with Crippen LogP contribution in [0.1, 0.15) is 48.8 Å². The van der Waals surface area contributed by atoms with E-state index < -0.39 is 16.5 Å². The summed E-state index contributed by atoms with van der Waals surface area (Å²) in [4.78, 5) is 29.5. The van der Waals surface area contributed by atoms with Crippen LogP contribution < -0.4 is 10.2 Å². The highest BCUT2D eigenvalue weighted by Gasteiger charge is 2.59. The van der Waals surface area contributed by atoms with Gasteiger partial charge in [0.05, 0.1) is 12.2 Å². The smallest absolute Gasteiger partial charge is 0.319 e. The number of urea groups is 1. The molecule has 2 aromatic carbocycles. The Labute approximate surface area is 196 Å². The Kier molecular flexibility index (Phi) is 5.80. The van der Waals surface area contributed by atoms with Crippen LogP contribution in [-0.2, 0) is 16.2 Å². The van der Waals surface area contributed by atoms with Crippen LogP contribution in [0.25, 0.3) is 0 Å². The third kappa shape index (κ3) is 3.78. The molecule has 5 nitrogen and oxygen atoms in total. The van der Waals surface area contributed by atoms with Crippen LogP contribution in [0, 0.1) is 18.6 Å². The minimum atomic E-state index is -1.14. The summed E-state index contributed by atoms with van der Waals surface area (Å²) >= 11 is 1.47. The van der Waals surface area contributed by atoms with Crippen molar-refractivity contribution in [3.63, 3.8) is 0 Å². The highest BCUT2D eigenvalue weighted by Crippen LogP contribution is 2.54. The maximum Gasteiger partial charge on any atom is 0.319 e. The van der Waals surface area contributed by atoms with Gasteiger partial charge < -0.3 is 10.2 Å². The van der Waals surface area contributed by atoms with Gasteiger partial charge in [0, 0.05) is 23.9 Å². The molecule has 0 bridgehead atoms. The van der Waals surface area contributed by atoms with E-state index in [2.05, 4.69) is 5.32 Å². The second-order valence-electron chi connectivity index (χ2n) is 9.09. The SMILES string of the molecule is Cc1ccc2c(c1)C1(SCCN1C(=O)NC1CCCCC1)C(=O)N2Cc1ccc(F)c(F)c1. The van der Waals surface area contributed by atoms with E-state index >= 15 is 0 Å². The maximum atomic E-state index is 14.0. The van der Waals surface area contributed by atoms with Gasteiger partial charge in [-0.2, -0.15) is 0 Å². The number of rotatable bonds is 3. The van der Waals surface area contributed by atoms with Crippen LogP contribution in [0.4, 0.5) is 19.3 Å². The fourth-order valence-corrected chi connectivity index (χ4v) is 6.66. The second kappa shape index (κ2) is 8.63. The Hall–Kier alpha value is -2.61. The number of thioether (sulfide) groups is 1. The molecule has 2 fully saturated rings. The molecule has 0 radical (unpaired) electrons. The zero-order valence-electron chi connectivity index (χ0n) is 18.6. The van der Waals surface area contributed by atoms with Gasteiger partial charge in [0.2, 0.25) is 0 Å². The van der Waals surface area contributed by atoms with Crippen molar-refractivity contribution in [3.8, 4) is 0 Å². The molecule has 1 atom stereocenters. The van der Waals surface area contributed by atoms with Gasteiger partial charge in [-0.15, -0.1) is 11.8 Å². The van der Waals surface area contributed by atoms with E-state index in [1.54, 1.807) is 9.80 Å². The predicted octanol–water partition coefficient (Wildman–Crippen LogP) is 5.06. The van der Waals surface area contributed by atoms with Crippen LogP contribution in [0.2, 0.25) is 0 Å². The summed E-state index contributed by atoms with van der Waals surface area (Å²) in [6.07, 6.45) is 5.33. The summed E-state index contributed by atoms with van der Waals surface area (Å²) in [5.74, 6) is -1.43. The van der Waals surface area contributed by atoms with E-state index in [0.29, 0.717) is 23.5 Å². The lowest BCUT2D eigenvalue weighted by Crippen LogP contribution is -2.55. The molecule has 2 aliphatic heterocycles. The Balaban J connectivity index is 1.50. The van der Waals surface area contributed by atoms with Gasteiger partial charge in [0.25, 0.3) is 5.91 Å². The Bertz CT molecular complexity index is 1110. The number of amides is 3. The average Bonchev–Trinajstić information content (AvgIpc) is 3.34. The number of fused-ring (bicyclic) bond motifs is 2. The summed E-state index contributed by atoms with van der Waals surface area (Å²) in [5, 5.41) is 3.17. The van der Waals surface area contributed by atoms with Gasteiger partial charge in [-0.1, -0.05) is 43.0 Å². The van der Waals surface area contributed by atoms with Crippen molar-refractivity contribution >= 4 is 29.4 Å². The summed E-state index contributed by atoms with van der Waals surface area (Å²) in [6, 6.07) is 9.39. The largest absolute Gasteiger partial charge is 0.335 e. The van der Waals surface area contributed by atoms with E-state index in [1.165, 1.54) is 24.2 Å². The first-order chi connectivity index (χ1) is 15.9. The third-order valence-corrected chi connectivity index (χ3v) is 8.27. The molecule has 1 N–H and O–H groups in total. The minimum absolute atomic E-state index is 0.104. The highest BCUT2D eigenvalue weighted by molar-refractivity contribution is 8.01. The standard InChI is InChI=1S/C25H27F2N3O2S/c1-16-7-10-22-19(13-16)25(23(31)29(22)15-17-8-9-20(26)21(27)14-17)30(11-12-33-25)24(32)28-18-5-3-2-4-6-18/h7-10,13-14,18H,2-6,11-12,15H2,1H3,(H,28,32). The summed E-state index contributed by atoms with van der Waals surface area (Å²) < 4.78 is 27.3. The molecular weight excluding hydrogens is 444 g/mol.